The van der Waals surface area contributed by atoms with Crippen molar-refractivity contribution in [2.75, 3.05) is 6.54 Å². The number of carbonyl (C=O) groups is 1. The first-order valence-corrected chi connectivity index (χ1v) is 6.06. The van der Waals surface area contributed by atoms with Gasteiger partial charge in [0.1, 0.15) is 0 Å². The maximum atomic E-state index is 13.6. The molecule has 0 aromatic heterocycles. The van der Waals surface area contributed by atoms with Gasteiger partial charge in [-0.25, -0.2) is 8.78 Å². The quantitative estimate of drug-likeness (QED) is 0.894. The average Bonchev–Trinajstić information content (AvgIpc) is 2.35. The monoisotopic (exact) mass is 254 g/mol. The molecule has 0 spiro atoms. The van der Waals surface area contributed by atoms with Crippen LogP contribution in [-0.4, -0.2) is 23.4 Å². The minimum Gasteiger partial charge on any atom is -0.368 e. The second kappa shape index (κ2) is 5.44. The Morgan fingerprint density at radius 1 is 1.39 bits per heavy atom. The summed E-state index contributed by atoms with van der Waals surface area (Å²) in [4.78, 5) is 13.1. The van der Waals surface area contributed by atoms with Gasteiger partial charge in [0.05, 0.1) is 6.04 Å². The van der Waals surface area contributed by atoms with E-state index >= 15 is 0 Å². The van der Waals surface area contributed by atoms with Gasteiger partial charge < -0.3 is 5.73 Å². The Balaban J connectivity index is 2.16. The Kier molecular flexibility index (Phi) is 3.91. The van der Waals surface area contributed by atoms with Crippen LogP contribution in [0.15, 0.2) is 18.2 Å². The SMILES string of the molecule is NC(=O)[C@H]1CCCCN1Cc1cccc(F)c1F. The first-order chi connectivity index (χ1) is 8.59. The average molecular weight is 254 g/mol. The first-order valence-electron chi connectivity index (χ1n) is 6.06. The lowest BCUT2D eigenvalue weighted by molar-refractivity contribution is -0.124. The summed E-state index contributed by atoms with van der Waals surface area (Å²) >= 11 is 0. The van der Waals surface area contributed by atoms with Gasteiger partial charge in [-0.1, -0.05) is 18.6 Å². The number of rotatable bonds is 3. The van der Waals surface area contributed by atoms with Gasteiger partial charge in [0.2, 0.25) is 5.91 Å². The number of nitrogens with zero attached hydrogens (tertiary/aromatic N) is 1. The van der Waals surface area contributed by atoms with E-state index in [0.717, 1.165) is 18.9 Å². The van der Waals surface area contributed by atoms with Gasteiger partial charge in [-0.15, -0.1) is 0 Å². The molecule has 1 aromatic carbocycles. The summed E-state index contributed by atoms with van der Waals surface area (Å²) in [5.74, 6) is -2.10. The number of carbonyl (C=O) groups excluding carboxylic acids is 1. The number of hydrogen-bond acceptors (Lipinski definition) is 2. The third-order valence-electron chi connectivity index (χ3n) is 3.35. The highest BCUT2D eigenvalue weighted by molar-refractivity contribution is 5.79. The summed E-state index contributed by atoms with van der Waals surface area (Å²) in [6.07, 6.45) is 2.57. The van der Waals surface area contributed by atoms with Gasteiger partial charge in [0.15, 0.2) is 11.6 Å². The smallest absolute Gasteiger partial charge is 0.234 e. The topological polar surface area (TPSA) is 46.3 Å². The molecule has 5 heteroatoms. The second-order valence-electron chi connectivity index (χ2n) is 4.60. The van der Waals surface area contributed by atoms with Crippen LogP contribution in [0.1, 0.15) is 24.8 Å². The van der Waals surface area contributed by atoms with Gasteiger partial charge in [-0.3, -0.25) is 9.69 Å². The van der Waals surface area contributed by atoms with E-state index in [2.05, 4.69) is 0 Å². The van der Waals surface area contributed by atoms with Crippen molar-refractivity contribution < 1.29 is 13.6 Å². The maximum Gasteiger partial charge on any atom is 0.234 e. The van der Waals surface area contributed by atoms with E-state index in [1.165, 1.54) is 12.1 Å². The standard InChI is InChI=1S/C13H16F2N2O/c14-10-5-3-4-9(12(10)15)8-17-7-2-1-6-11(17)13(16)18/h3-5,11H,1-2,6-8H2,(H2,16,18)/t11-/m1/s1. The Morgan fingerprint density at radius 2 is 2.17 bits per heavy atom. The fraction of sp³-hybridized carbons (Fsp3) is 0.462. The lowest BCUT2D eigenvalue weighted by Crippen LogP contribution is -2.47. The molecule has 1 aromatic rings. The lowest BCUT2D eigenvalue weighted by atomic mass is 10.0. The van der Waals surface area contributed by atoms with E-state index in [4.69, 9.17) is 5.73 Å². The molecule has 3 nitrogen and oxygen atoms in total. The molecule has 0 saturated carbocycles. The number of halogens is 2. The summed E-state index contributed by atoms with van der Waals surface area (Å²) < 4.78 is 26.7. The predicted octanol–water partition coefficient (Wildman–Crippen LogP) is 1.80. The summed E-state index contributed by atoms with van der Waals surface area (Å²) in [6, 6.07) is 3.71. The Bertz CT molecular complexity index is 451. The number of likely N-dealkylation sites (tertiary alicyclic amines) is 1. The first kappa shape index (κ1) is 13.0. The predicted molar refractivity (Wildman–Crippen MR) is 63.6 cm³/mol. The van der Waals surface area contributed by atoms with E-state index < -0.39 is 17.5 Å². The van der Waals surface area contributed by atoms with Crippen LogP contribution in [0.4, 0.5) is 8.78 Å². The fourth-order valence-corrected chi connectivity index (χ4v) is 2.39. The second-order valence-corrected chi connectivity index (χ2v) is 4.60. The van der Waals surface area contributed by atoms with Gasteiger partial charge >= 0.3 is 0 Å². The van der Waals surface area contributed by atoms with Crippen molar-refractivity contribution in [2.24, 2.45) is 5.73 Å². The summed E-state index contributed by atoms with van der Waals surface area (Å²) in [7, 11) is 0. The van der Waals surface area contributed by atoms with Gasteiger partial charge in [-0.05, 0) is 25.5 Å². The van der Waals surface area contributed by atoms with Crippen LogP contribution in [0, 0.1) is 11.6 Å². The van der Waals surface area contributed by atoms with Gasteiger partial charge in [-0.2, -0.15) is 0 Å². The summed E-state index contributed by atoms with van der Waals surface area (Å²) in [6.45, 7) is 0.904. The number of benzene rings is 1. The zero-order valence-electron chi connectivity index (χ0n) is 10.0. The Morgan fingerprint density at radius 3 is 2.89 bits per heavy atom. The third-order valence-corrected chi connectivity index (χ3v) is 3.35. The zero-order valence-corrected chi connectivity index (χ0v) is 10.0. The van der Waals surface area contributed by atoms with Crippen molar-refractivity contribution in [3.05, 3.63) is 35.4 Å². The highest BCUT2D eigenvalue weighted by Crippen LogP contribution is 2.21. The van der Waals surface area contributed by atoms with Gasteiger partial charge in [0.25, 0.3) is 0 Å². The molecule has 2 N–H and O–H groups in total. The molecule has 18 heavy (non-hydrogen) atoms. The molecule has 1 atom stereocenters. The van der Waals surface area contributed by atoms with E-state index in [1.807, 2.05) is 4.90 Å². The molecule has 1 heterocycles. The summed E-state index contributed by atoms with van der Waals surface area (Å²) in [5, 5.41) is 0. The largest absolute Gasteiger partial charge is 0.368 e. The molecule has 2 rings (SSSR count). The molecule has 1 amide bonds. The molecular weight excluding hydrogens is 238 g/mol. The normalized spacial score (nSPS) is 20.9. The van der Waals surface area contributed by atoms with E-state index in [1.54, 1.807) is 0 Å². The number of primary amides is 1. The molecule has 0 radical (unpaired) electrons. The van der Waals surface area contributed by atoms with E-state index in [9.17, 15) is 13.6 Å². The highest BCUT2D eigenvalue weighted by atomic mass is 19.2. The molecule has 1 saturated heterocycles. The van der Waals surface area contributed by atoms with Crippen LogP contribution in [0.5, 0.6) is 0 Å². The zero-order chi connectivity index (χ0) is 13.1. The number of nitrogens with two attached hydrogens (primary N) is 1. The van der Waals surface area contributed by atoms with E-state index in [-0.39, 0.29) is 18.2 Å². The maximum absolute atomic E-state index is 13.6. The van der Waals surface area contributed by atoms with Crippen molar-refractivity contribution >= 4 is 5.91 Å². The number of hydrogen-bond donors (Lipinski definition) is 1. The minimum absolute atomic E-state index is 0.219. The van der Waals surface area contributed by atoms with Crippen molar-refractivity contribution in [3.63, 3.8) is 0 Å². The molecule has 98 valence electrons. The fourth-order valence-electron chi connectivity index (χ4n) is 2.39. The third kappa shape index (κ3) is 2.67. The van der Waals surface area contributed by atoms with Crippen molar-refractivity contribution in [3.8, 4) is 0 Å². The molecule has 0 aliphatic carbocycles. The highest BCUT2D eigenvalue weighted by Gasteiger charge is 2.27. The Hall–Kier alpha value is -1.49. The van der Waals surface area contributed by atoms with Crippen LogP contribution >= 0.6 is 0 Å². The molecular formula is C13H16F2N2O. The van der Waals surface area contributed by atoms with Crippen molar-refractivity contribution in [2.45, 2.75) is 31.8 Å². The van der Waals surface area contributed by atoms with Gasteiger partial charge in [0, 0.05) is 12.1 Å². The Labute approximate surface area is 105 Å². The molecule has 1 fully saturated rings. The number of amides is 1. The van der Waals surface area contributed by atoms with Crippen molar-refractivity contribution in [1.82, 2.24) is 4.90 Å². The van der Waals surface area contributed by atoms with E-state index in [0.29, 0.717) is 13.0 Å². The van der Waals surface area contributed by atoms with Crippen LogP contribution in [-0.2, 0) is 11.3 Å². The van der Waals surface area contributed by atoms with Crippen LogP contribution < -0.4 is 5.73 Å². The molecule has 1 aliphatic heterocycles. The number of piperidine rings is 1. The summed E-state index contributed by atoms with van der Waals surface area (Å²) in [5.41, 5.74) is 5.60. The molecule has 0 unspecified atom stereocenters. The minimum atomic E-state index is -0.861. The molecule has 1 aliphatic rings. The lowest BCUT2D eigenvalue weighted by Gasteiger charge is -2.33. The van der Waals surface area contributed by atoms with Crippen molar-refractivity contribution in [1.29, 1.82) is 0 Å². The van der Waals surface area contributed by atoms with Crippen LogP contribution in [0.2, 0.25) is 0 Å². The molecule has 0 bridgehead atoms. The van der Waals surface area contributed by atoms with Crippen LogP contribution in [0.3, 0.4) is 0 Å². The van der Waals surface area contributed by atoms with Crippen LogP contribution in [0.25, 0.3) is 0 Å².